The lowest BCUT2D eigenvalue weighted by Crippen LogP contribution is -2.32. The van der Waals surface area contributed by atoms with Gasteiger partial charge in [0.25, 0.3) is 0 Å². The number of nitrogens with one attached hydrogen (secondary N) is 1. The van der Waals surface area contributed by atoms with Crippen LogP contribution in [0.4, 0.5) is 10.3 Å². The second-order valence-electron chi connectivity index (χ2n) is 6.36. The summed E-state index contributed by atoms with van der Waals surface area (Å²) in [6.45, 7) is 0. The normalized spacial score (nSPS) is 15.2. The summed E-state index contributed by atoms with van der Waals surface area (Å²) in [5, 5.41) is 14.2. The molecule has 0 radical (unpaired) electrons. The highest BCUT2D eigenvalue weighted by molar-refractivity contribution is 6.14. The number of aromatic nitrogens is 4. The molecule has 1 aliphatic rings. The van der Waals surface area contributed by atoms with Gasteiger partial charge in [0.1, 0.15) is 23.3 Å². The van der Waals surface area contributed by atoms with E-state index in [1.54, 1.807) is 24.3 Å². The van der Waals surface area contributed by atoms with Crippen molar-refractivity contribution in [3.8, 4) is 5.75 Å². The zero-order valence-electron chi connectivity index (χ0n) is 16.0. The number of carbonyl (C=O) groups excluding carboxylic acids is 2. The Bertz CT molecular complexity index is 1140. The summed E-state index contributed by atoms with van der Waals surface area (Å²) >= 11 is 0. The van der Waals surface area contributed by atoms with E-state index in [-0.39, 0.29) is 17.2 Å². The monoisotopic (exact) mass is 409 g/mol. The minimum absolute atomic E-state index is 0.0680. The van der Waals surface area contributed by atoms with E-state index >= 15 is 0 Å². The first kappa shape index (κ1) is 19.2. The summed E-state index contributed by atoms with van der Waals surface area (Å²) in [5.74, 6) is -0.914. The van der Waals surface area contributed by atoms with Gasteiger partial charge in [-0.15, -0.1) is 0 Å². The first-order valence-electron chi connectivity index (χ1n) is 8.85. The molecule has 2 aromatic carbocycles. The van der Waals surface area contributed by atoms with E-state index in [1.807, 2.05) is 0 Å². The predicted octanol–water partition coefficient (Wildman–Crippen LogP) is 2.15. The number of esters is 1. The standard InChI is InChI=1S/C20H16FN5O4/c1-29-14-9-5-12(6-10-14)18(27)15-16(19(28)30-2)22-20-23-24-25-26(20)17(15)11-3-7-13(21)8-4-11/h3-10,17H,1-2H3,(H,22,23,25)/t17-/m1/s1. The molecule has 1 atom stereocenters. The minimum atomic E-state index is -0.874. The number of anilines is 1. The number of Topliss-reactive ketones (excluding diaryl/α,β-unsaturated/α-hetero) is 1. The summed E-state index contributed by atoms with van der Waals surface area (Å²) in [7, 11) is 2.72. The number of benzene rings is 2. The molecule has 4 rings (SSSR count). The first-order chi connectivity index (χ1) is 14.5. The summed E-state index contributed by atoms with van der Waals surface area (Å²) in [5.41, 5.74) is 0.815. The van der Waals surface area contributed by atoms with Gasteiger partial charge < -0.3 is 14.8 Å². The molecule has 1 N–H and O–H groups in total. The van der Waals surface area contributed by atoms with Gasteiger partial charge in [0, 0.05) is 5.56 Å². The van der Waals surface area contributed by atoms with E-state index in [0.29, 0.717) is 16.9 Å². The molecule has 0 fully saturated rings. The summed E-state index contributed by atoms with van der Waals surface area (Å²) in [4.78, 5) is 26.0. The molecule has 10 heteroatoms. The number of carbonyl (C=O) groups is 2. The highest BCUT2D eigenvalue weighted by Crippen LogP contribution is 2.36. The van der Waals surface area contributed by atoms with Crippen LogP contribution in [0.25, 0.3) is 0 Å². The van der Waals surface area contributed by atoms with Crippen molar-refractivity contribution in [2.24, 2.45) is 0 Å². The maximum atomic E-state index is 13.5. The number of allylic oxidation sites excluding steroid dienone is 1. The van der Waals surface area contributed by atoms with Crippen LogP contribution in [0, 0.1) is 5.82 Å². The van der Waals surface area contributed by atoms with Crippen LogP contribution in [0.15, 0.2) is 59.8 Å². The Kier molecular flexibility index (Phi) is 4.97. The number of nitrogens with zero attached hydrogens (tertiary/aromatic N) is 4. The number of hydrogen-bond acceptors (Lipinski definition) is 8. The van der Waals surface area contributed by atoms with E-state index in [0.717, 1.165) is 0 Å². The molecule has 9 nitrogen and oxygen atoms in total. The largest absolute Gasteiger partial charge is 0.497 e. The predicted molar refractivity (Wildman–Crippen MR) is 102 cm³/mol. The van der Waals surface area contributed by atoms with E-state index in [4.69, 9.17) is 9.47 Å². The Balaban J connectivity index is 1.91. The Morgan fingerprint density at radius 2 is 1.77 bits per heavy atom. The van der Waals surface area contributed by atoms with Crippen LogP contribution in [0.2, 0.25) is 0 Å². The van der Waals surface area contributed by atoms with Gasteiger partial charge in [-0.05, 0) is 52.4 Å². The van der Waals surface area contributed by atoms with Crippen molar-refractivity contribution in [1.82, 2.24) is 20.2 Å². The molecule has 2 heterocycles. The van der Waals surface area contributed by atoms with Crippen molar-refractivity contribution in [1.29, 1.82) is 0 Å². The topological polar surface area (TPSA) is 108 Å². The average Bonchev–Trinajstić information content (AvgIpc) is 3.26. The molecule has 0 unspecified atom stereocenters. The maximum absolute atomic E-state index is 13.5. The van der Waals surface area contributed by atoms with Crippen molar-refractivity contribution in [2.75, 3.05) is 19.5 Å². The molecule has 1 aliphatic heterocycles. The molecular formula is C20H16FN5O4. The Morgan fingerprint density at radius 1 is 1.07 bits per heavy atom. The van der Waals surface area contributed by atoms with Crippen LogP contribution in [-0.4, -0.2) is 46.2 Å². The molecule has 152 valence electrons. The average molecular weight is 409 g/mol. The lowest BCUT2D eigenvalue weighted by atomic mass is 9.89. The number of rotatable bonds is 5. The van der Waals surface area contributed by atoms with Crippen LogP contribution in [0.3, 0.4) is 0 Å². The van der Waals surface area contributed by atoms with Crippen LogP contribution in [-0.2, 0) is 9.53 Å². The van der Waals surface area contributed by atoms with Gasteiger partial charge in [0.15, 0.2) is 5.78 Å². The molecule has 0 bridgehead atoms. The number of ketones is 1. The van der Waals surface area contributed by atoms with E-state index in [9.17, 15) is 14.0 Å². The van der Waals surface area contributed by atoms with Gasteiger partial charge in [0.2, 0.25) is 5.95 Å². The summed E-state index contributed by atoms with van der Waals surface area (Å²) < 4.78 is 24.9. The lowest BCUT2D eigenvalue weighted by Gasteiger charge is -2.28. The fourth-order valence-electron chi connectivity index (χ4n) is 3.24. The molecule has 1 aromatic heterocycles. The van der Waals surface area contributed by atoms with Crippen LogP contribution < -0.4 is 10.1 Å². The van der Waals surface area contributed by atoms with Gasteiger partial charge in [-0.25, -0.2) is 9.18 Å². The van der Waals surface area contributed by atoms with Crippen molar-refractivity contribution in [3.05, 3.63) is 76.7 Å². The lowest BCUT2D eigenvalue weighted by molar-refractivity contribution is -0.136. The number of fused-ring (bicyclic) bond motifs is 1. The Hall–Kier alpha value is -4.08. The molecule has 30 heavy (non-hydrogen) atoms. The maximum Gasteiger partial charge on any atom is 0.355 e. The number of tetrazole rings is 1. The van der Waals surface area contributed by atoms with Crippen LogP contribution >= 0.6 is 0 Å². The van der Waals surface area contributed by atoms with Gasteiger partial charge in [0.05, 0.1) is 19.8 Å². The minimum Gasteiger partial charge on any atom is -0.497 e. The number of halogens is 1. The zero-order valence-corrected chi connectivity index (χ0v) is 16.0. The first-order valence-corrected chi connectivity index (χ1v) is 8.85. The number of ether oxygens (including phenoxy) is 2. The smallest absolute Gasteiger partial charge is 0.355 e. The van der Waals surface area contributed by atoms with Gasteiger partial charge in [-0.1, -0.05) is 17.2 Å². The van der Waals surface area contributed by atoms with E-state index in [2.05, 4.69) is 20.8 Å². The third-order valence-electron chi connectivity index (χ3n) is 4.69. The van der Waals surface area contributed by atoms with Crippen LogP contribution in [0.1, 0.15) is 22.0 Å². The fourth-order valence-corrected chi connectivity index (χ4v) is 3.24. The Labute approximate surface area is 170 Å². The molecule has 3 aromatic rings. The van der Waals surface area contributed by atoms with Gasteiger partial charge in [-0.2, -0.15) is 4.68 Å². The second-order valence-corrected chi connectivity index (χ2v) is 6.36. The van der Waals surface area contributed by atoms with Crippen molar-refractivity contribution in [3.63, 3.8) is 0 Å². The fraction of sp³-hybridized carbons (Fsp3) is 0.150. The summed E-state index contributed by atoms with van der Waals surface area (Å²) in [6, 6.07) is 11.1. The van der Waals surface area contributed by atoms with Crippen molar-refractivity contribution < 1.29 is 23.5 Å². The number of hydrogen-bond donors (Lipinski definition) is 1. The molecule has 0 saturated heterocycles. The molecule has 0 spiro atoms. The van der Waals surface area contributed by atoms with Gasteiger partial charge in [-0.3, -0.25) is 4.79 Å². The highest BCUT2D eigenvalue weighted by atomic mass is 19.1. The number of methoxy groups -OCH3 is 2. The molecule has 0 saturated carbocycles. The quantitative estimate of drug-likeness (QED) is 0.504. The SMILES string of the molecule is COC(=O)C1=C(C(=O)c2ccc(OC)cc2)[C@@H](c2ccc(F)cc2)n2nnnc2N1. The second kappa shape index (κ2) is 7.74. The Morgan fingerprint density at radius 3 is 2.40 bits per heavy atom. The third kappa shape index (κ3) is 3.28. The van der Waals surface area contributed by atoms with Crippen molar-refractivity contribution in [2.45, 2.75) is 6.04 Å². The van der Waals surface area contributed by atoms with Crippen molar-refractivity contribution >= 4 is 17.7 Å². The highest BCUT2D eigenvalue weighted by Gasteiger charge is 2.38. The molecule has 0 amide bonds. The zero-order chi connectivity index (χ0) is 21.3. The molecular weight excluding hydrogens is 393 g/mol. The van der Waals surface area contributed by atoms with E-state index in [1.165, 1.54) is 43.2 Å². The molecule has 0 aliphatic carbocycles. The van der Waals surface area contributed by atoms with Gasteiger partial charge >= 0.3 is 5.97 Å². The van der Waals surface area contributed by atoms with Crippen LogP contribution in [0.5, 0.6) is 5.75 Å². The third-order valence-corrected chi connectivity index (χ3v) is 4.69. The van der Waals surface area contributed by atoms with E-state index < -0.39 is 23.6 Å². The summed E-state index contributed by atoms with van der Waals surface area (Å²) in [6.07, 6.45) is 0.